The quantitative estimate of drug-likeness (QED) is 0.519. The summed E-state index contributed by atoms with van der Waals surface area (Å²) in [4.78, 5) is 22.8. The molecular formula is C15H19BrCl2N2O5S. The molecule has 0 aliphatic carbocycles. The van der Waals surface area contributed by atoms with Crippen LogP contribution in [0.2, 0.25) is 10.0 Å². The molecule has 1 rings (SSSR count). The molecule has 1 aromatic rings. The molecule has 0 saturated heterocycles. The van der Waals surface area contributed by atoms with Crippen LogP contribution in [0.25, 0.3) is 0 Å². The van der Waals surface area contributed by atoms with Crippen LogP contribution in [0.4, 0.5) is 0 Å². The molecule has 0 spiro atoms. The van der Waals surface area contributed by atoms with Crippen LogP contribution in [0.15, 0.2) is 21.5 Å². The third-order valence-corrected chi connectivity index (χ3v) is 5.83. The molecule has 146 valence electrons. The van der Waals surface area contributed by atoms with E-state index in [4.69, 9.17) is 27.9 Å². The molecular weight excluding hydrogens is 471 g/mol. The summed E-state index contributed by atoms with van der Waals surface area (Å²) in [5.41, 5.74) is 0. The van der Waals surface area contributed by atoms with Crippen LogP contribution in [0.5, 0.6) is 0 Å². The van der Waals surface area contributed by atoms with Gasteiger partial charge in [0.15, 0.2) is 6.61 Å². The predicted octanol–water partition coefficient (Wildman–Crippen LogP) is 2.74. The van der Waals surface area contributed by atoms with Gasteiger partial charge in [0.2, 0.25) is 10.0 Å². The molecule has 2 N–H and O–H groups in total. The Morgan fingerprint density at radius 3 is 2.35 bits per heavy atom. The number of carbonyl (C=O) groups is 2. The maximum atomic E-state index is 12.3. The zero-order chi connectivity index (χ0) is 19.9. The van der Waals surface area contributed by atoms with Gasteiger partial charge in [-0.15, -0.1) is 0 Å². The molecule has 0 aliphatic rings. The topological polar surface area (TPSA) is 102 Å². The number of benzene rings is 1. The summed E-state index contributed by atoms with van der Waals surface area (Å²) in [6.07, 6.45) is 0.800. The number of hydrogen-bond acceptors (Lipinski definition) is 5. The minimum Gasteiger partial charge on any atom is -0.455 e. The van der Waals surface area contributed by atoms with Gasteiger partial charge in [-0.25, -0.2) is 8.42 Å². The zero-order valence-corrected chi connectivity index (χ0v) is 18.1. The Balaban J connectivity index is 2.53. The average Bonchev–Trinajstić information content (AvgIpc) is 2.49. The summed E-state index contributed by atoms with van der Waals surface area (Å²) in [6, 6.07) is 2.73. The van der Waals surface area contributed by atoms with Crippen molar-refractivity contribution >= 4 is 61.0 Å². The Morgan fingerprint density at radius 1 is 1.23 bits per heavy atom. The number of amides is 1. The van der Waals surface area contributed by atoms with Crippen LogP contribution < -0.4 is 10.0 Å². The highest BCUT2D eigenvalue weighted by Crippen LogP contribution is 2.32. The fourth-order valence-electron chi connectivity index (χ4n) is 1.76. The average molecular weight is 490 g/mol. The second kappa shape index (κ2) is 10.5. The van der Waals surface area contributed by atoms with Crippen molar-refractivity contribution in [3.63, 3.8) is 0 Å². The Bertz CT molecular complexity index is 748. The molecule has 0 saturated carbocycles. The van der Waals surface area contributed by atoms with Crippen molar-refractivity contribution in [1.82, 2.24) is 10.0 Å². The minimum absolute atomic E-state index is 0.102. The van der Waals surface area contributed by atoms with Gasteiger partial charge >= 0.3 is 5.97 Å². The molecule has 0 aliphatic heterocycles. The molecule has 0 aromatic heterocycles. The maximum absolute atomic E-state index is 12.3. The molecule has 0 heterocycles. The first-order valence-corrected chi connectivity index (χ1v) is 10.6. The summed E-state index contributed by atoms with van der Waals surface area (Å²) in [6.45, 7) is 3.36. The number of hydrogen-bond donors (Lipinski definition) is 2. The van der Waals surface area contributed by atoms with Gasteiger partial charge in [-0.05, 0) is 24.5 Å². The first kappa shape index (κ1) is 23.2. The van der Waals surface area contributed by atoms with E-state index < -0.39 is 35.1 Å². The highest BCUT2D eigenvalue weighted by molar-refractivity contribution is 9.10. The monoisotopic (exact) mass is 488 g/mol. The van der Waals surface area contributed by atoms with Crippen LogP contribution in [-0.2, 0) is 24.3 Å². The van der Waals surface area contributed by atoms with Crippen molar-refractivity contribution in [3.8, 4) is 0 Å². The fourth-order valence-corrected chi connectivity index (χ4v) is 4.66. The molecule has 11 heteroatoms. The highest BCUT2D eigenvalue weighted by Gasteiger charge is 2.23. The number of sulfonamides is 1. The maximum Gasteiger partial charge on any atom is 0.321 e. The molecule has 0 fully saturated rings. The molecule has 0 radical (unpaired) electrons. The van der Waals surface area contributed by atoms with E-state index in [1.165, 1.54) is 12.1 Å². The lowest BCUT2D eigenvalue weighted by Gasteiger charge is -2.11. The molecule has 0 unspecified atom stereocenters. The molecule has 1 amide bonds. The highest BCUT2D eigenvalue weighted by atomic mass is 79.9. The fraction of sp³-hybridized carbons (Fsp3) is 0.467. The zero-order valence-electron chi connectivity index (χ0n) is 14.1. The Kier molecular flexibility index (Phi) is 9.32. The molecule has 26 heavy (non-hydrogen) atoms. The van der Waals surface area contributed by atoms with Gasteiger partial charge in [0, 0.05) is 11.0 Å². The largest absolute Gasteiger partial charge is 0.455 e. The van der Waals surface area contributed by atoms with Gasteiger partial charge in [-0.2, -0.15) is 4.72 Å². The van der Waals surface area contributed by atoms with E-state index in [1.54, 1.807) is 0 Å². The predicted molar refractivity (Wildman–Crippen MR) is 103 cm³/mol. The number of halogens is 3. The minimum atomic E-state index is -4.13. The van der Waals surface area contributed by atoms with Crippen molar-refractivity contribution in [1.29, 1.82) is 0 Å². The standard InChI is InChI=1S/C15H19BrCl2N2O5S/c1-9(2)3-4-19-13(21)8-25-14(22)7-20-26(23,24)15-11(17)5-10(16)6-12(15)18/h5-6,9,20H,3-4,7-8H2,1-2H3,(H,19,21). The van der Waals surface area contributed by atoms with E-state index in [-0.39, 0.29) is 14.9 Å². The molecule has 0 bridgehead atoms. The summed E-state index contributed by atoms with van der Waals surface area (Å²) in [5, 5.41) is 2.39. The van der Waals surface area contributed by atoms with Gasteiger partial charge in [0.05, 0.1) is 10.0 Å². The van der Waals surface area contributed by atoms with E-state index >= 15 is 0 Å². The second-order valence-electron chi connectivity index (χ2n) is 5.72. The number of nitrogens with one attached hydrogen (secondary N) is 2. The third kappa shape index (κ3) is 7.79. The van der Waals surface area contributed by atoms with Gasteiger partial charge < -0.3 is 10.1 Å². The first-order valence-electron chi connectivity index (χ1n) is 7.59. The van der Waals surface area contributed by atoms with Gasteiger partial charge in [0.25, 0.3) is 5.91 Å². The summed E-state index contributed by atoms with van der Waals surface area (Å²) < 4.78 is 31.8. The summed E-state index contributed by atoms with van der Waals surface area (Å²) in [7, 11) is -4.13. The Morgan fingerprint density at radius 2 is 1.81 bits per heavy atom. The number of esters is 1. The second-order valence-corrected chi connectivity index (χ2v) is 9.15. The Hall–Kier alpha value is -0.870. The van der Waals surface area contributed by atoms with Crippen molar-refractivity contribution in [2.45, 2.75) is 25.2 Å². The molecule has 1 aromatic carbocycles. The van der Waals surface area contributed by atoms with Crippen LogP contribution in [0.3, 0.4) is 0 Å². The van der Waals surface area contributed by atoms with E-state index in [0.29, 0.717) is 16.9 Å². The lowest BCUT2D eigenvalue weighted by molar-refractivity contribution is -0.147. The lowest BCUT2D eigenvalue weighted by atomic mass is 10.1. The van der Waals surface area contributed by atoms with Gasteiger partial charge in [0.1, 0.15) is 11.4 Å². The van der Waals surface area contributed by atoms with E-state index in [1.807, 2.05) is 18.6 Å². The van der Waals surface area contributed by atoms with Crippen molar-refractivity contribution in [3.05, 3.63) is 26.7 Å². The smallest absolute Gasteiger partial charge is 0.321 e. The first-order chi connectivity index (χ1) is 12.0. The van der Waals surface area contributed by atoms with Crippen LogP contribution in [0, 0.1) is 5.92 Å². The SMILES string of the molecule is CC(C)CCNC(=O)COC(=O)CNS(=O)(=O)c1c(Cl)cc(Br)cc1Cl. The van der Waals surface area contributed by atoms with Crippen molar-refractivity contribution < 1.29 is 22.7 Å². The van der Waals surface area contributed by atoms with Crippen LogP contribution >= 0.6 is 39.1 Å². The summed E-state index contributed by atoms with van der Waals surface area (Å²) >= 11 is 15.0. The van der Waals surface area contributed by atoms with E-state index in [9.17, 15) is 18.0 Å². The third-order valence-electron chi connectivity index (χ3n) is 3.05. The van der Waals surface area contributed by atoms with E-state index in [2.05, 4.69) is 21.2 Å². The van der Waals surface area contributed by atoms with Crippen LogP contribution in [-0.4, -0.2) is 40.0 Å². The normalized spacial score (nSPS) is 11.5. The van der Waals surface area contributed by atoms with Crippen molar-refractivity contribution in [2.75, 3.05) is 19.7 Å². The number of carbonyl (C=O) groups excluding carboxylic acids is 2. The lowest BCUT2D eigenvalue weighted by Crippen LogP contribution is -2.34. The van der Waals surface area contributed by atoms with Crippen molar-refractivity contribution in [2.24, 2.45) is 5.92 Å². The van der Waals surface area contributed by atoms with Gasteiger partial charge in [-0.3, -0.25) is 9.59 Å². The molecule has 7 nitrogen and oxygen atoms in total. The van der Waals surface area contributed by atoms with Gasteiger partial charge in [-0.1, -0.05) is 53.0 Å². The Labute approximate surface area is 170 Å². The number of ether oxygens (including phenoxy) is 1. The summed E-state index contributed by atoms with van der Waals surface area (Å²) in [5.74, 6) is -0.928. The number of rotatable bonds is 9. The van der Waals surface area contributed by atoms with Crippen LogP contribution in [0.1, 0.15) is 20.3 Å². The molecule has 0 atom stereocenters. The van der Waals surface area contributed by atoms with E-state index in [0.717, 1.165) is 6.42 Å².